The Morgan fingerprint density at radius 2 is 2.17 bits per heavy atom. The van der Waals surface area contributed by atoms with Crippen molar-refractivity contribution >= 4 is 5.69 Å². The minimum Gasteiger partial charge on any atom is -0.497 e. The molecule has 0 saturated heterocycles. The summed E-state index contributed by atoms with van der Waals surface area (Å²) in [6.45, 7) is 2.32. The minimum atomic E-state index is -0.276. The van der Waals surface area contributed by atoms with Crippen molar-refractivity contribution in [2.24, 2.45) is 0 Å². The van der Waals surface area contributed by atoms with E-state index in [-0.39, 0.29) is 5.69 Å². The van der Waals surface area contributed by atoms with Crippen molar-refractivity contribution < 1.29 is 4.74 Å². The van der Waals surface area contributed by atoms with E-state index < -0.39 is 0 Å². The zero-order valence-electron chi connectivity index (χ0n) is 10.4. The number of methoxy groups -OCH3 is 1. The number of anilines is 1. The first-order chi connectivity index (χ1) is 8.58. The maximum atomic E-state index is 11.6. The summed E-state index contributed by atoms with van der Waals surface area (Å²) in [5.41, 5.74) is 7.95. The fourth-order valence-electron chi connectivity index (χ4n) is 1.77. The molecule has 2 rings (SSSR count). The van der Waals surface area contributed by atoms with Crippen molar-refractivity contribution in [3.8, 4) is 5.75 Å². The van der Waals surface area contributed by atoms with Crippen molar-refractivity contribution in [1.82, 2.24) is 9.55 Å². The van der Waals surface area contributed by atoms with Crippen molar-refractivity contribution in [2.45, 2.75) is 13.5 Å². The molecule has 0 fully saturated rings. The van der Waals surface area contributed by atoms with Crippen molar-refractivity contribution in [1.29, 1.82) is 0 Å². The molecular formula is C13H15N3O2. The summed E-state index contributed by atoms with van der Waals surface area (Å²) < 4.78 is 6.69. The van der Waals surface area contributed by atoms with Crippen LogP contribution in [0.1, 0.15) is 11.1 Å². The summed E-state index contributed by atoms with van der Waals surface area (Å²) in [4.78, 5) is 15.4. The van der Waals surface area contributed by atoms with Crippen LogP contribution in [-0.4, -0.2) is 16.7 Å². The van der Waals surface area contributed by atoms with Crippen LogP contribution in [0.4, 0.5) is 5.69 Å². The molecule has 0 aliphatic heterocycles. The van der Waals surface area contributed by atoms with Crippen LogP contribution in [0.2, 0.25) is 0 Å². The van der Waals surface area contributed by atoms with E-state index in [0.717, 1.165) is 11.1 Å². The Balaban J connectivity index is 2.36. The van der Waals surface area contributed by atoms with Crippen LogP contribution >= 0.6 is 0 Å². The monoisotopic (exact) mass is 245 g/mol. The number of nitrogens with zero attached hydrogens (tertiary/aromatic N) is 2. The first kappa shape index (κ1) is 12.2. The van der Waals surface area contributed by atoms with E-state index in [1.54, 1.807) is 30.1 Å². The van der Waals surface area contributed by atoms with Gasteiger partial charge in [-0.3, -0.25) is 4.57 Å². The number of benzene rings is 1. The molecule has 0 spiro atoms. The molecule has 18 heavy (non-hydrogen) atoms. The second kappa shape index (κ2) is 4.91. The fraction of sp³-hybridized carbons (Fsp3) is 0.231. The molecule has 2 aromatic rings. The van der Waals surface area contributed by atoms with Crippen molar-refractivity contribution in [3.63, 3.8) is 0 Å². The third kappa shape index (κ3) is 2.68. The van der Waals surface area contributed by atoms with E-state index in [4.69, 9.17) is 10.5 Å². The smallest absolute Gasteiger partial charge is 0.347 e. The summed E-state index contributed by atoms with van der Waals surface area (Å²) >= 11 is 0. The largest absolute Gasteiger partial charge is 0.497 e. The van der Waals surface area contributed by atoms with Gasteiger partial charge in [0.2, 0.25) is 0 Å². The molecule has 0 unspecified atom stereocenters. The lowest BCUT2D eigenvalue weighted by Crippen LogP contribution is -2.22. The summed E-state index contributed by atoms with van der Waals surface area (Å²) in [5.74, 6) is 0.679. The summed E-state index contributed by atoms with van der Waals surface area (Å²) in [6.07, 6.45) is 3.32. The van der Waals surface area contributed by atoms with E-state index in [2.05, 4.69) is 4.98 Å². The molecule has 0 bridgehead atoms. The SMILES string of the molecule is COc1cc(N)cc(Cn2cc(C)cnc2=O)c1. The number of ether oxygens (including phenoxy) is 1. The molecule has 1 aromatic heterocycles. The zero-order valence-corrected chi connectivity index (χ0v) is 10.4. The van der Waals surface area contributed by atoms with Crippen LogP contribution in [-0.2, 0) is 6.54 Å². The Morgan fingerprint density at radius 1 is 1.39 bits per heavy atom. The van der Waals surface area contributed by atoms with Crippen molar-refractivity contribution in [3.05, 3.63) is 52.2 Å². The Morgan fingerprint density at radius 3 is 2.89 bits per heavy atom. The highest BCUT2D eigenvalue weighted by atomic mass is 16.5. The van der Waals surface area contributed by atoms with Gasteiger partial charge in [-0.2, -0.15) is 0 Å². The Kier molecular flexibility index (Phi) is 3.32. The predicted octanol–water partition coefficient (Wildman–Crippen LogP) is 1.19. The highest BCUT2D eigenvalue weighted by molar-refractivity contribution is 5.47. The normalized spacial score (nSPS) is 10.3. The van der Waals surface area contributed by atoms with Gasteiger partial charge in [-0.25, -0.2) is 9.78 Å². The molecule has 0 radical (unpaired) electrons. The third-order valence-corrected chi connectivity index (χ3v) is 2.56. The van der Waals surface area contributed by atoms with Crippen LogP contribution in [0, 0.1) is 6.92 Å². The average molecular weight is 245 g/mol. The average Bonchev–Trinajstić information content (AvgIpc) is 2.33. The third-order valence-electron chi connectivity index (χ3n) is 2.56. The molecule has 0 amide bonds. The molecule has 5 nitrogen and oxygen atoms in total. The quantitative estimate of drug-likeness (QED) is 0.825. The van der Waals surface area contributed by atoms with E-state index in [9.17, 15) is 4.79 Å². The van der Waals surface area contributed by atoms with Crippen LogP contribution in [0.15, 0.2) is 35.4 Å². The maximum absolute atomic E-state index is 11.6. The molecule has 1 heterocycles. The van der Waals surface area contributed by atoms with Gasteiger partial charge in [-0.1, -0.05) is 0 Å². The molecule has 5 heteroatoms. The topological polar surface area (TPSA) is 70.1 Å². The minimum absolute atomic E-state index is 0.276. The van der Waals surface area contributed by atoms with Gasteiger partial charge in [0.1, 0.15) is 5.75 Å². The Bertz CT molecular complexity index is 620. The highest BCUT2D eigenvalue weighted by Crippen LogP contribution is 2.18. The molecule has 0 aliphatic rings. The van der Waals surface area contributed by atoms with Gasteiger partial charge in [-0.05, 0) is 30.2 Å². The summed E-state index contributed by atoms with van der Waals surface area (Å²) in [6, 6.07) is 5.41. The lowest BCUT2D eigenvalue weighted by Gasteiger charge is -2.09. The molecule has 0 aliphatic carbocycles. The van der Waals surface area contributed by atoms with Gasteiger partial charge >= 0.3 is 5.69 Å². The second-order valence-electron chi connectivity index (χ2n) is 4.16. The van der Waals surface area contributed by atoms with Gasteiger partial charge in [0.05, 0.1) is 13.7 Å². The number of nitrogens with two attached hydrogens (primary N) is 1. The second-order valence-corrected chi connectivity index (χ2v) is 4.16. The number of aromatic nitrogens is 2. The van der Waals surface area contributed by atoms with E-state index >= 15 is 0 Å². The maximum Gasteiger partial charge on any atom is 0.347 e. The Hall–Kier alpha value is -2.30. The van der Waals surface area contributed by atoms with Gasteiger partial charge < -0.3 is 10.5 Å². The number of aryl methyl sites for hydroxylation is 1. The van der Waals surface area contributed by atoms with E-state index in [0.29, 0.717) is 18.0 Å². The van der Waals surface area contributed by atoms with Crippen LogP contribution < -0.4 is 16.2 Å². The molecular weight excluding hydrogens is 230 g/mol. The summed E-state index contributed by atoms with van der Waals surface area (Å²) in [7, 11) is 1.58. The first-order valence-electron chi connectivity index (χ1n) is 5.55. The summed E-state index contributed by atoms with van der Waals surface area (Å²) in [5, 5.41) is 0. The number of hydrogen-bond donors (Lipinski definition) is 1. The van der Waals surface area contributed by atoms with Gasteiger partial charge in [-0.15, -0.1) is 0 Å². The van der Waals surface area contributed by atoms with Gasteiger partial charge in [0, 0.05) is 24.1 Å². The standard InChI is InChI=1S/C13H15N3O2/c1-9-6-15-13(17)16(7-9)8-10-3-11(14)5-12(4-10)18-2/h3-7H,8,14H2,1-2H3. The van der Waals surface area contributed by atoms with E-state index in [1.165, 1.54) is 0 Å². The molecule has 0 saturated carbocycles. The zero-order chi connectivity index (χ0) is 13.1. The molecule has 94 valence electrons. The predicted molar refractivity (Wildman–Crippen MR) is 69.7 cm³/mol. The Labute approximate surface area is 105 Å². The number of hydrogen-bond acceptors (Lipinski definition) is 4. The van der Waals surface area contributed by atoms with E-state index in [1.807, 2.05) is 19.1 Å². The lowest BCUT2D eigenvalue weighted by atomic mass is 10.2. The van der Waals surface area contributed by atoms with Gasteiger partial charge in [0.15, 0.2) is 0 Å². The molecule has 1 aromatic carbocycles. The number of rotatable bonds is 3. The fourth-order valence-corrected chi connectivity index (χ4v) is 1.77. The molecule has 0 atom stereocenters. The first-order valence-corrected chi connectivity index (χ1v) is 5.55. The lowest BCUT2D eigenvalue weighted by molar-refractivity contribution is 0.414. The van der Waals surface area contributed by atoms with Crippen LogP contribution in [0.25, 0.3) is 0 Å². The van der Waals surface area contributed by atoms with Gasteiger partial charge in [0.25, 0.3) is 0 Å². The molecule has 2 N–H and O–H groups in total. The number of nitrogen functional groups attached to an aromatic ring is 1. The highest BCUT2D eigenvalue weighted by Gasteiger charge is 2.03. The van der Waals surface area contributed by atoms with Crippen LogP contribution in [0.3, 0.4) is 0 Å². The van der Waals surface area contributed by atoms with Crippen LogP contribution in [0.5, 0.6) is 5.75 Å². The van der Waals surface area contributed by atoms with Crippen molar-refractivity contribution in [2.75, 3.05) is 12.8 Å².